The number of nitrogens with zero attached hydrogens (tertiary/aromatic N) is 4. The van der Waals surface area contributed by atoms with Crippen LogP contribution in [-0.2, 0) is 9.53 Å². The molecule has 1 aliphatic heterocycles. The number of aryl methyl sites for hydroxylation is 1. The first kappa shape index (κ1) is 22.1. The molecule has 0 bridgehead atoms. The van der Waals surface area contributed by atoms with Crippen LogP contribution in [0.4, 0.5) is 0 Å². The molecule has 0 aliphatic carbocycles. The Kier molecular flexibility index (Phi) is 7.94. The van der Waals surface area contributed by atoms with Gasteiger partial charge in [0, 0.05) is 31.2 Å². The van der Waals surface area contributed by atoms with Gasteiger partial charge in [-0.2, -0.15) is 0 Å². The van der Waals surface area contributed by atoms with E-state index in [4.69, 9.17) is 16.3 Å². The summed E-state index contributed by atoms with van der Waals surface area (Å²) >= 11 is 7.58. The summed E-state index contributed by atoms with van der Waals surface area (Å²) in [5.41, 5.74) is 1.89. The number of aromatic nitrogens is 3. The Labute approximate surface area is 181 Å². The molecule has 7 nitrogen and oxygen atoms in total. The maximum absolute atomic E-state index is 12.2. The van der Waals surface area contributed by atoms with Crippen molar-refractivity contribution in [2.75, 3.05) is 31.9 Å². The second-order valence-electron chi connectivity index (χ2n) is 7.43. The van der Waals surface area contributed by atoms with Gasteiger partial charge in [0.2, 0.25) is 5.91 Å². The van der Waals surface area contributed by atoms with Gasteiger partial charge in [-0.15, -0.1) is 10.2 Å². The van der Waals surface area contributed by atoms with Crippen molar-refractivity contribution in [1.29, 1.82) is 0 Å². The average Bonchev–Trinajstić information content (AvgIpc) is 3.13. The minimum Gasteiger partial charge on any atom is -0.373 e. The normalized spacial score (nSPS) is 20.0. The van der Waals surface area contributed by atoms with Gasteiger partial charge in [-0.05, 0) is 44.9 Å². The van der Waals surface area contributed by atoms with E-state index in [-0.39, 0.29) is 18.1 Å². The number of morpholine rings is 1. The fourth-order valence-electron chi connectivity index (χ4n) is 3.41. The Morgan fingerprint density at radius 3 is 2.83 bits per heavy atom. The third-order valence-electron chi connectivity index (χ3n) is 4.75. The van der Waals surface area contributed by atoms with E-state index in [1.165, 1.54) is 11.8 Å². The van der Waals surface area contributed by atoms with Gasteiger partial charge < -0.3 is 10.1 Å². The Bertz CT molecular complexity index is 821. The highest BCUT2D eigenvalue weighted by Gasteiger charge is 2.21. The minimum atomic E-state index is -0.00444. The number of nitrogens with one attached hydrogen (secondary N) is 1. The molecule has 158 valence electrons. The molecular weight excluding hydrogens is 410 g/mol. The summed E-state index contributed by atoms with van der Waals surface area (Å²) in [6.07, 6.45) is 3.09. The van der Waals surface area contributed by atoms with E-state index in [9.17, 15) is 4.79 Å². The van der Waals surface area contributed by atoms with Crippen LogP contribution in [0.3, 0.4) is 0 Å². The minimum absolute atomic E-state index is 0.00444. The summed E-state index contributed by atoms with van der Waals surface area (Å²) in [6, 6.07) is 5.79. The molecule has 1 amide bonds. The van der Waals surface area contributed by atoms with Gasteiger partial charge in [0.05, 0.1) is 23.6 Å². The molecule has 2 atom stereocenters. The van der Waals surface area contributed by atoms with Gasteiger partial charge in [0.1, 0.15) is 6.33 Å². The summed E-state index contributed by atoms with van der Waals surface area (Å²) in [7, 11) is 0. The summed E-state index contributed by atoms with van der Waals surface area (Å²) < 4.78 is 7.58. The number of carbonyl (C=O) groups is 1. The van der Waals surface area contributed by atoms with Crippen LogP contribution in [0, 0.1) is 6.92 Å². The Morgan fingerprint density at radius 1 is 1.34 bits per heavy atom. The van der Waals surface area contributed by atoms with Crippen molar-refractivity contribution in [1.82, 2.24) is 25.0 Å². The monoisotopic (exact) mass is 437 g/mol. The van der Waals surface area contributed by atoms with Crippen LogP contribution in [0.2, 0.25) is 5.02 Å². The number of benzene rings is 1. The Hall–Kier alpha value is -1.61. The van der Waals surface area contributed by atoms with E-state index in [0.717, 1.165) is 37.3 Å². The van der Waals surface area contributed by atoms with E-state index in [1.54, 1.807) is 6.33 Å². The summed E-state index contributed by atoms with van der Waals surface area (Å²) in [5.74, 6) is 0.291. The summed E-state index contributed by atoms with van der Waals surface area (Å²) in [5, 5.41) is 12.4. The molecule has 2 aromatic rings. The lowest BCUT2D eigenvalue weighted by atomic mass is 10.2. The number of amides is 1. The topological polar surface area (TPSA) is 72.3 Å². The number of ether oxygens (including phenoxy) is 1. The van der Waals surface area contributed by atoms with Crippen molar-refractivity contribution < 1.29 is 9.53 Å². The lowest BCUT2D eigenvalue weighted by molar-refractivity contribution is -0.118. The largest absolute Gasteiger partial charge is 0.373 e. The second kappa shape index (κ2) is 10.4. The van der Waals surface area contributed by atoms with Gasteiger partial charge >= 0.3 is 0 Å². The number of hydrogen-bond acceptors (Lipinski definition) is 6. The molecule has 1 aliphatic rings. The maximum atomic E-state index is 12.2. The Balaban J connectivity index is 1.41. The lowest BCUT2D eigenvalue weighted by Gasteiger charge is -2.35. The second-order valence-corrected chi connectivity index (χ2v) is 8.78. The lowest BCUT2D eigenvalue weighted by Crippen LogP contribution is -2.46. The van der Waals surface area contributed by atoms with Crippen molar-refractivity contribution >= 4 is 29.3 Å². The fourth-order valence-corrected chi connectivity index (χ4v) is 4.34. The molecule has 1 aromatic heterocycles. The predicted octanol–water partition coefficient (Wildman–Crippen LogP) is 2.94. The van der Waals surface area contributed by atoms with Crippen molar-refractivity contribution in [3.05, 3.63) is 35.1 Å². The molecule has 0 spiro atoms. The van der Waals surface area contributed by atoms with Gasteiger partial charge in [0.25, 0.3) is 0 Å². The highest BCUT2D eigenvalue weighted by molar-refractivity contribution is 7.99. The smallest absolute Gasteiger partial charge is 0.230 e. The molecular formula is C20H28ClN5O2S. The molecule has 1 aromatic carbocycles. The molecule has 1 N–H and O–H groups in total. The van der Waals surface area contributed by atoms with Crippen LogP contribution < -0.4 is 5.32 Å². The average molecular weight is 438 g/mol. The van der Waals surface area contributed by atoms with E-state index in [0.29, 0.717) is 22.5 Å². The highest BCUT2D eigenvalue weighted by atomic mass is 35.5. The van der Waals surface area contributed by atoms with Crippen LogP contribution >= 0.6 is 23.4 Å². The maximum Gasteiger partial charge on any atom is 0.230 e. The third-order valence-corrected chi connectivity index (χ3v) is 6.10. The van der Waals surface area contributed by atoms with Crippen molar-refractivity contribution in [2.45, 2.75) is 44.6 Å². The van der Waals surface area contributed by atoms with Crippen LogP contribution in [0.25, 0.3) is 5.69 Å². The first-order valence-corrected chi connectivity index (χ1v) is 11.2. The van der Waals surface area contributed by atoms with Crippen LogP contribution in [0.5, 0.6) is 0 Å². The number of carbonyl (C=O) groups excluding carboxylic acids is 1. The predicted molar refractivity (Wildman–Crippen MR) is 116 cm³/mol. The molecule has 1 fully saturated rings. The van der Waals surface area contributed by atoms with Gasteiger partial charge in [-0.1, -0.05) is 29.4 Å². The van der Waals surface area contributed by atoms with Gasteiger partial charge in [0.15, 0.2) is 5.16 Å². The zero-order valence-corrected chi connectivity index (χ0v) is 18.7. The van der Waals surface area contributed by atoms with E-state index < -0.39 is 0 Å². The first-order valence-electron chi connectivity index (χ1n) is 9.86. The van der Waals surface area contributed by atoms with Crippen molar-refractivity contribution in [2.24, 2.45) is 0 Å². The third kappa shape index (κ3) is 6.44. The molecule has 2 heterocycles. The van der Waals surface area contributed by atoms with Crippen molar-refractivity contribution in [3.63, 3.8) is 0 Å². The Morgan fingerprint density at radius 2 is 2.10 bits per heavy atom. The van der Waals surface area contributed by atoms with E-state index >= 15 is 0 Å². The zero-order chi connectivity index (χ0) is 20.8. The van der Waals surface area contributed by atoms with Crippen LogP contribution in [-0.4, -0.2) is 69.7 Å². The number of hydrogen-bond donors (Lipinski definition) is 1. The van der Waals surface area contributed by atoms with Gasteiger partial charge in [-0.3, -0.25) is 14.3 Å². The molecule has 9 heteroatoms. The standard InChI is InChI=1S/C20H28ClN5O2S/c1-14-5-6-17(9-18(14)21)26-13-23-24-20(26)29-12-19(27)22-7-4-8-25-10-15(2)28-16(3)11-25/h5-6,9,13,15-16H,4,7-8,10-12H2,1-3H3,(H,22,27). The number of halogens is 1. The first-order chi connectivity index (χ1) is 13.9. The van der Waals surface area contributed by atoms with E-state index in [2.05, 4.69) is 34.3 Å². The zero-order valence-electron chi connectivity index (χ0n) is 17.1. The molecule has 2 unspecified atom stereocenters. The number of rotatable bonds is 8. The molecule has 29 heavy (non-hydrogen) atoms. The fraction of sp³-hybridized carbons (Fsp3) is 0.550. The van der Waals surface area contributed by atoms with Crippen LogP contribution in [0.15, 0.2) is 29.7 Å². The quantitative estimate of drug-likeness (QED) is 0.505. The molecule has 0 radical (unpaired) electrons. The number of thioether (sulfide) groups is 1. The highest BCUT2D eigenvalue weighted by Crippen LogP contribution is 2.23. The molecule has 3 rings (SSSR count). The summed E-state index contributed by atoms with van der Waals surface area (Å²) in [6.45, 7) is 9.70. The SMILES string of the molecule is Cc1ccc(-n2cnnc2SCC(=O)NCCCN2CC(C)OC(C)C2)cc1Cl. The van der Waals surface area contributed by atoms with Gasteiger partial charge in [-0.25, -0.2) is 0 Å². The summed E-state index contributed by atoms with van der Waals surface area (Å²) in [4.78, 5) is 14.6. The van der Waals surface area contributed by atoms with E-state index in [1.807, 2.05) is 29.7 Å². The van der Waals surface area contributed by atoms with Crippen LogP contribution in [0.1, 0.15) is 25.8 Å². The van der Waals surface area contributed by atoms with Crippen molar-refractivity contribution in [3.8, 4) is 5.69 Å². The molecule has 1 saturated heterocycles. The molecule has 0 saturated carbocycles.